The van der Waals surface area contributed by atoms with Gasteiger partial charge in [0.05, 0.1) is 113 Å². The average Bonchev–Trinajstić information content (AvgIpc) is 0.713. The van der Waals surface area contributed by atoms with E-state index in [-0.39, 0.29) is 54.4 Å². The minimum atomic E-state index is -2.18. The summed E-state index contributed by atoms with van der Waals surface area (Å²) in [6, 6.07) is 0. The van der Waals surface area contributed by atoms with Gasteiger partial charge in [-0.3, -0.25) is 23.5 Å². The fourth-order valence-electron chi connectivity index (χ4n) is 20.1. The van der Waals surface area contributed by atoms with Crippen LogP contribution in [-0.4, -0.2) is 405 Å². The minimum Gasteiger partial charge on any atom is -0.870 e. The highest BCUT2D eigenvalue weighted by molar-refractivity contribution is 5.88. The number of carboxylic acids is 2. The lowest BCUT2D eigenvalue weighted by atomic mass is 9.33. The quantitative estimate of drug-likeness (QED) is 0.0184. The molecule has 33 unspecified atom stereocenters. The molecule has 4 saturated carbocycles. The standard InChI is InChI=1S/C55H86O24.C8H10N4O2.C8H16O6.C7H15NO3.C4H12N.H2O/c1-10-23(2)46(71)79-43-44(72-24(3)60)55(22-59)26(17-50(43,4)5)25-11-12-30-51(6)15-14-32(52(7,21-58)29(51)13-16-53(30,8)54(25,9)18-31(55)61)75-49-41(77-48-38(67)36(65)34(63)28(20-57)74-48)39(68)40(42(78-49)45(69)70)76-47-37(66)35(64)33(62)27(19-56)73-47;1-10-4-9-6-5(10)7(13)12(3)8(14)11(6)2;1-12-7-4(3-9)14-8(13-2)6(11)5(7)10;1-8(2,3)5-6(9)4-7(10)11;1-5(2,3)4;/h10-11,26-44,47-49,56-59,61-68H,12-22H2,1-9H3,(H,69,70);4H,1-3H3;4-11H,3H2,1-2H3;6,9H,4-5H2,1-3H3;1-4H3;1H2/q;;;;+1;/b23-10+;;;;;. The number of carbonyl (C=O) groups excluding carboxylic acids is 2. The molecule has 4 aliphatic heterocycles. The van der Waals surface area contributed by atoms with Crippen molar-refractivity contribution in [3.8, 4) is 0 Å². The van der Waals surface area contributed by atoms with E-state index in [1.54, 1.807) is 38.6 Å². The van der Waals surface area contributed by atoms with Crippen LogP contribution >= 0.6 is 0 Å². The van der Waals surface area contributed by atoms with Crippen LogP contribution in [-0.2, 0) is 92.4 Å². The van der Waals surface area contributed by atoms with Crippen molar-refractivity contribution in [1.29, 1.82) is 0 Å². The Balaban J connectivity index is 0.000000423. The third-order valence-electron chi connectivity index (χ3n) is 26.9. The second-order valence-electron chi connectivity index (χ2n) is 38.3. The van der Waals surface area contributed by atoms with Gasteiger partial charge in [-0.25, -0.2) is 19.4 Å². The van der Waals surface area contributed by atoms with Gasteiger partial charge in [0.25, 0.3) is 5.56 Å². The summed E-state index contributed by atoms with van der Waals surface area (Å²) in [4.78, 5) is 76.8. The molecule has 0 radical (unpaired) electrons. The molecule has 714 valence electrons. The van der Waals surface area contributed by atoms with Gasteiger partial charge in [-0.1, -0.05) is 59.3 Å². The highest BCUT2D eigenvalue weighted by atomic mass is 16.8. The summed E-state index contributed by atoms with van der Waals surface area (Å²) in [6.07, 6.45) is -30.6. The lowest BCUT2D eigenvalue weighted by Crippen LogP contribution is -2.72. The zero-order chi connectivity index (χ0) is 93.2. The lowest BCUT2D eigenvalue weighted by Gasteiger charge is -2.72. The Morgan fingerprint density at radius 1 is 0.621 bits per heavy atom. The fraction of sp³-hybridized carbons (Fsp3) is 0.841. The summed E-state index contributed by atoms with van der Waals surface area (Å²) < 4.78 is 68.7. The molecular formula is C82H141N6O36+. The molecule has 19 N–H and O–H groups in total. The van der Waals surface area contributed by atoms with Crippen LogP contribution in [0.3, 0.4) is 0 Å². The molecule has 0 spiro atoms. The fourth-order valence-corrected chi connectivity index (χ4v) is 20.1. The number of carbonyl (C=O) groups is 4. The van der Waals surface area contributed by atoms with Crippen LogP contribution in [0.1, 0.15) is 114 Å². The number of carboxylic acid groups (broad SMARTS) is 2. The molecule has 5 aliphatic carbocycles. The van der Waals surface area contributed by atoms with Crippen LogP contribution < -0.4 is 11.2 Å². The molecule has 124 heavy (non-hydrogen) atoms. The Morgan fingerprint density at radius 3 is 1.63 bits per heavy atom. The number of hydrogen-bond donors (Lipinski definition) is 18. The monoisotopic (exact) mass is 1790 g/mol. The molecule has 42 nitrogen and oxygen atoms in total. The number of rotatable bonds is 21. The van der Waals surface area contributed by atoms with E-state index in [2.05, 4.69) is 60.0 Å². The van der Waals surface area contributed by atoms with E-state index in [9.17, 15) is 105 Å². The Kier molecular flexibility index (Phi) is 36.4. The number of imidazole rings is 1. The van der Waals surface area contributed by atoms with Crippen LogP contribution in [0.2, 0.25) is 0 Å². The van der Waals surface area contributed by atoms with Gasteiger partial charge in [0, 0.05) is 58.7 Å². The summed E-state index contributed by atoms with van der Waals surface area (Å²) >= 11 is 0. The summed E-state index contributed by atoms with van der Waals surface area (Å²) in [6.45, 7) is 14.3. The molecule has 42 heteroatoms. The highest BCUT2D eigenvalue weighted by Gasteiger charge is 2.74. The first-order valence-corrected chi connectivity index (χ1v) is 41.4. The number of ether oxygens (including phenoxy) is 11. The number of quaternary nitrogens is 2. The first-order chi connectivity index (χ1) is 56.9. The zero-order valence-electron chi connectivity index (χ0n) is 74.9. The van der Waals surface area contributed by atoms with E-state index in [1.165, 1.54) is 39.1 Å². The van der Waals surface area contributed by atoms with Crippen molar-refractivity contribution in [3.05, 3.63) is 50.5 Å². The summed E-state index contributed by atoms with van der Waals surface area (Å²) in [5.41, 5.74) is -3.60. The Morgan fingerprint density at radius 2 is 1.15 bits per heavy atom. The number of fused-ring (bicyclic) bond motifs is 8. The van der Waals surface area contributed by atoms with Crippen molar-refractivity contribution >= 4 is 35.0 Å². The van der Waals surface area contributed by atoms with Crippen molar-refractivity contribution in [1.82, 2.24) is 18.7 Å². The molecule has 0 bridgehead atoms. The van der Waals surface area contributed by atoms with Gasteiger partial charge in [-0.2, -0.15) is 0 Å². The van der Waals surface area contributed by atoms with Gasteiger partial charge < -0.3 is 163 Å². The third-order valence-corrected chi connectivity index (χ3v) is 26.9. The molecule has 2 aromatic heterocycles. The van der Waals surface area contributed by atoms with Crippen LogP contribution in [0.5, 0.6) is 0 Å². The van der Waals surface area contributed by atoms with Gasteiger partial charge in [0.15, 0.2) is 42.4 Å². The summed E-state index contributed by atoms with van der Waals surface area (Å²) in [5.74, 6) is -4.83. The first kappa shape index (κ1) is 107. The number of methoxy groups -OCH3 is 2. The Bertz CT molecular complexity index is 4060. The maximum atomic E-state index is 13.4. The van der Waals surface area contributed by atoms with Crippen molar-refractivity contribution in [3.63, 3.8) is 0 Å². The SMILES string of the molecule is C/C=C(\C)C(=O)OC1C(OC(C)=O)C2(CO)C(O)CC3(C)C(=CCC4C5(C)CCC(OC6OC(C(=O)O)C(OC7OC(CO)C(O)C(O)C7O)C(O)C6OC6OC(CO)C(O)C(O)C6O)C(C)(CO)C5CCC43C)C2CC1(C)C.COC1OC(CO)C(OC)C(O)C1O.C[N+](C)(C)C.C[N+](C)(C)CC(O)CC(=O)O.Cn1c(=O)c2c(ncn2C)n(C)c1=O.[OH-]. The number of hydrogen-bond acceptors (Lipinski definition) is 35. The number of nitrogens with zero attached hydrogens (tertiary/aromatic N) is 6. The molecule has 6 heterocycles. The number of aromatic nitrogens is 4. The van der Waals surface area contributed by atoms with Crippen molar-refractivity contribution < 1.29 is 178 Å². The van der Waals surface area contributed by atoms with Crippen LogP contribution in [0, 0.1) is 50.2 Å². The smallest absolute Gasteiger partial charge is 0.335 e. The topological polar surface area (TPSA) is 626 Å². The largest absolute Gasteiger partial charge is 0.870 e. The van der Waals surface area contributed by atoms with Gasteiger partial charge in [-0.15, -0.1) is 0 Å². The maximum absolute atomic E-state index is 13.4. The number of allylic oxidation sites excluding steroid dienone is 3. The second kappa shape index (κ2) is 42.1. The Hall–Kier alpha value is -5.61. The predicted molar refractivity (Wildman–Crippen MR) is 433 cm³/mol. The second-order valence-corrected chi connectivity index (χ2v) is 38.3. The van der Waals surface area contributed by atoms with E-state index in [1.807, 2.05) is 41.9 Å². The zero-order valence-corrected chi connectivity index (χ0v) is 74.9. The average molecular weight is 1790 g/mol. The number of aliphatic hydroxyl groups excluding tert-OH is 16. The highest BCUT2D eigenvalue weighted by Crippen LogP contribution is 2.76. The first-order valence-electron chi connectivity index (χ1n) is 41.4. The minimum absolute atomic E-state index is 0. The number of esters is 2. The van der Waals surface area contributed by atoms with Crippen LogP contribution in [0.25, 0.3) is 11.2 Å². The molecule has 2 aromatic rings. The van der Waals surface area contributed by atoms with Gasteiger partial charge >= 0.3 is 29.6 Å². The van der Waals surface area contributed by atoms with Crippen molar-refractivity contribution in [2.24, 2.45) is 71.4 Å². The molecule has 11 rings (SSSR count). The molecule has 33 atom stereocenters. The third kappa shape index (κ3) is 21.8. The van der Waals surface area contributed by atoms with E-state index in [4.69, 9.17) is 67.4 Å². The van der Waals surface area contributed by atoms with Gasteiger partial charge in [-0.05, 0) is 92.8 Å². The van der Waals surface area contributed by atoms with Crippen molar-refractivity contribution in [2.45, 2.75) is 267 Å². The number of aliphatic hydroxyl groups is 16. The predicted octanol–water partition coefficient (Wildman–Crippen LogP) is -4.59. The van der Waals surface area contributed by atoms with E-state index < -0.39 is 242 Å². The van der Waals surface area contributed by atoms with Crippen molar-refractivity contribution in [2.75, 3.05) is 103 Å². The van der Waals surface area contributed by atoms with Gasteiger partial charge in [0.1, 0.15) is 116 Å². The molecule has 4 saturated heterocycles. The Labute approximate surface area is 720 Å². The summed E-state index contributed by atoms with van der Waals surface area (Å²) in [5, 5.41) is 189. The molecule has 0 aromatic carbocycles. The molecule has 0 amide bonds. The normalized spacial score (nSPS) is 40.2. The number of aryl methyl sites for hydroxylation is 2. The van der Waals surface area contributed by atoms with E-state index in [0.29, 0.717) is 59.9 Å². The molecule has 9 aliphatic rings. The van der Waals surface area contributed by atoms with Crippen LogP contribution in [0.4, 0.5) is 0 Å². The van der Waals surface area contributed by atoms with E-state index in [0.717, 1.165) is 14.6 Å². The molecule has 8 fully saturated rings. The van der Waals surface area contributed by atoms with E-state index >= 15 is 0 Å². The lowest BCUT2D eigenvalue weighted by molar-refractivity contribution is -0.873. The van der Waals surface area contributed by atoms with Gasteiger partial charge in [0.2, 0.25) is 0 Å². The maximum Gasteiger partial charge on any atom is 0.335 e. The number of likely N-dealkylation sites (N-methyl/N-ethyl adjacent to an activating group) is 1. The molecular weight excluding hydrogens is 1640 g/mol. The van der Waals surface area contributed by atoms with Crippen LogP contribution in [0.15, 0.2) is 39.2 Å². The summed E-state index contributed by atoms with van der Waals surface area (Å²) in [7, 11) is 21.7. The number of aliphatic carboxylic acids is 2.